The Hall–Kier alpha value is -2.11. The number of fused-ring (bicyclic) bond motifs is 1. The van der Waals surface area contributed by atoms with Crippen LogP contribution in [0.5, 0.6) is 0 Å². The van der Waals surface area contributed by atoms with E-state index in [4.69, 9.17) is 16.6 Å². The third-order valence-corrected chi connectivity index (χ3v) is 8.14. The lowest BCUT2D eigenvalue weighted by molar-refractivity contribution is 0.214. The molecule has 1 aromatic carbocycles. The zero-order valence-corrected chi connectivity index (χ0v) is 18.6. The van der Waals surface area contributed by atoms with Gasteiger partial charge in [-0.1, -0.05) is 17.7 Å². The molecule has 0 radical (unpaired) electrons. The second-order valence-corrected chi connectivity index (χ2v) is 10.3. The van der Waals surface area contributed by atoms with Gasteiger partial charge in [-0.15, -0.1) is 0 Å². The van der Waals surface area contributed by atoms with Crippen LogP contribution in [-0.2, 0) is 12.8 Å². The number of allylic oxidation sites excluding steroid dienone is 1. The first-order valence-corrected chi connectivity index (χ1v) is 12.0. The molecule has 0 unspecified atom stereocenters. The van der Waals surface area contributed by atoms with Gasteiger partial charge >= 0.3 is 0 Å². The van der Waals surface area contributed by atoms with E-state index in [-0.39, 0.29) is 5.56 Å². The number of nitrogens with zero attached hydrogens (tertiary/aromatic N) is 3. The van der Waals surface area contributed by atoms with E-state index in [2.05, 4.69) is 33.0 Å². The number of anilines is 1. The van der Waals surface area contributed by atoms with Gasteiger partial charge in [0.2, 0.25) is 0 Å². The van der Waals surface area contributed by atoms with Gasteiger partial charge in [-0.05, 0) is 80.2 Å². The van der Waals surface area contributed by atoms with Crippen molar-refractivity contribution in [2.45, 2.75) is 51.0 Å². The summed E-state index contributed by atoms with van der Waals surface area (Å²) in [6.07, 6.45) is 10.1. The van der Waals surface area contributed by atoms with Crippen LogP contribution in [0.25, 0.3) is 5.57 Å². The molecule has 0 bridgehead atoms. The van der Waals surface area contributed by atoms with E-state index in [1.165, 1.54) is 30.5 Å². The molecule has 2 heterocycles. The fraction of sp³-hybridized carbons (Fsp3) is 0.520. The number of benzene rings is 1. The predicted molar refractivity (Wildman–Crippen MR) is 125 cm³/mol. The Kier molecular flexibility index (Phi) is 4.73. The number of H-pyrrole nitrogens is 1. The van der Waals surface area contributed by atoms with Crippen molar-refractivity contribution in [1.82, 2.24) is 14.9 Å². The average Bonchev–Trinajstić information content (AvgIpc) is 3.35. The van der Waals surface area contributed by atoms with Gasteiger partial charge in [0.25, 0.3) is 5.56 Å². The second kappa shape index (κ2) is 7.49. The molecule has 3 aliphatic carbocycles. The first-order valence-electron chi connectivity index (χ1n) is 11.7. The smallest absolute Gasteiger partial charge is 0.254 e. The zero-order valence-electron chi connectivity index (χ0n) is 17.9. The molecule has 4 aliphatic rings. The van der Waals surface area contributed by atoms with Crippen molar-refractivity contribution < 1.29 is 0 Å². The highest BCUT2D eigenvalue weighted by Gasteiger charge is 2.45. The number of halogens is 1. The normalized spacial score (nSPS) is 24.9. The Labute approximate surface area is 188 Å². The first-order chi connectivity index (χ1) is 15.1. The molecule has 31 heavy (non-hydrogen) atoms. The highest BCUT2D eigenvalue weighted by atomic mass is 35.5. The summed E-state index contributed by atoms with van der Waals surface area (Å²) in [5.41, 5.74) is 5.02. The van der Waals surface area contributed by atoms with Crippen LogP contribution in [0.15, 0.2) is 35.1 Å². The molecule has 1 atom stereocenters. The molecule has 2 fully saturated rings. The summed E-state index contributed by atoms with van der Waals surface area (Å²) in [7, 11) is 0. The molecular formula is C25H29ClN4O. The maximum absolute atomic E-state index is 12.8. The fourth-order valence-electron chi connectivity index (χ4n) is 5.69. The van der Waals surface area contributed by atoms with Crippen LogP contribution in [0, 0.1) is 5.41 Å². The van der Waals surface area contributed by atoms with Gasteiger partial charge in [0.1, 0.15) is 5.82 Å². The third kappa shape index (κ3) is 3.72. The quantitative estimate of drug-likeness (QED) is 0.788. The molecule has 5 nitrogen and oxygen atoms in total. The van der Waals surface area contributed by atoms with Gasteiger partial charge in [0.05, 0.1) is 5.69 Å². The lowest BCUT2D eigenvalue weighted by atomic mass is 9.84. The van der Waals surface area contributed by atoms with E-state index in [1.54, 1.807) is 0 Å². The Morgan fingerprint density at radius 1 is 1.03 bits per heavy atom. The number of aromatic amines is 1. The van der Waals surface area contributed by atoms with E-state index in [9.17, 15) is 4.79 Å². The number of piperazine rings is 1. The molecule has 0 amide bonds. The standard InChI is InChI=1S/C25H29ClN4O/c26-18-2-5-19(6-3-18)29-11-13-30(14-12-29)20-4-1-17(15-20)23-27-22-7-8-25(9-10-25)16-21(22)24(31)28-23/h2-3,5-6,15,20H,1,4,7-14,16H2,(H,27,28,31)/t20-/m1/s1. The van der Waals surface area contributed by atoms with Crippen molar-refractivity contribution in [2.75, 3.05) is 31.1 Å². The lowest BCUT2D eigenvalue weighted by Crippen LogP contribution is -2.49. The minimum atomic E-state index is 0.104. The third-order valence-electron chi connectivity index (χ3n) is 7.88. The van der Waals surface area contributed by atoms with Crippen LogP contribution in [0.1, 0.15) is 49.2 Å². The van der Waals surface area contributed by atoms with E-state index >= 15 is 0 Å². The van der Waals surface area contributed by atoms with E-state index in [0.29, 0.717) is 11.5 Å². The molecule has 6 rings (SSSR count). The molecule has 1 spiro atoms. The molecule has 1 saturated carbocycles. The number of hydrogen-bond donors (Lipinski definition) is 1. The summed E-state index contributed by atoms with van der Waals surface area (Å²) in [6, 6.07) is 8.58. The summed E-state index contributed by atoms with van der Waals surface area (Å²) in [5.74, 6) is 0.817. The Morgan fingerprint density at radius 2 is 1.81 bits per heavy atom. The summed E-state index contributed by atoms with van der Waals surface area (Å²) in [5, 5.41) is 0.784. The van der Waals surface area contributed by atoms with Crippen LogP contribution in [0.3, 0.4) is 0 Å². The van der Waals surface area contributed by atoms with Crippen molar-refractivity contribution in [1.29, 1.82) is 0 Å². The minimum Gasteiger partial charge on any atom is -0.369 e. The lowest BCUT2D eigenvalue weighted by Gasteiger charge is -2.38. The van der Waals surface area contributed by atoms with Crippen molar-refractivity contribution >= 4 is 22.9 Å². The molecule has 1 N–H and O–H groups in total. The van der Waals surface area contributed by atoms with Crippen LogP contribution in [-0.4, -0.2) is 47.1 Å². The molecule has 6 heteroatoms. The average molecular weight is 437 g/mol. The molecule has 1 aromatic heterocycles. The highest BCUT2D eigenvalue weighted by molar-refractivity contribution is 6.30. The molecule has 162 valence electrons. The monoisotopic (exact) mass is 436 g/mol. The van der Waals surface area contributed by atoms with E-state index in [1.807, 2.05) is 12.1 Å². The molecule has 2 aromatic rings. The number of rotatable bonds is 3. The highest BCUT2D eigenvalue weighted by Crippen LogP contribution is 2.53. The largest absolute Gasteiger partial charge is 0.369 e. The number of hydrogen-bond acceptors (Lipinski definition) is 4. The SMILES string of the molecule is O=c1[nH]c(C2=C[C@H](N3CCN(c4ccc(Cl)cc4)CC3)CC2)nc2c1CC1(CC2)CC1. The number of aryl methyl sites for hydroxylation is 1. The van der Waals surface area contributed by atoms with Crippen LogP contribution >= 0.6 is 11.6 Å². The van der Waals surface area contributed by atoms with E-state index < -0.39 is 0 Å². The van der Waals surface area contributed by atoms with Gasteiger partial charge in [-0.2, -0.15) is 0 Å². The minimum absolute atomic E-state index is 0.104. The van der Waals surface area contributed by atoms with Gasteiger partial charge in [-0.3, -0.25) is 9.69 Å². The maximum atomic E-state index is 12.8. The van der Waals surface area contributed by atoms with Crippen LogP contribution < -0.4 is 10.5 Å². The molecule has 1 aliphatic heterocycles. The Balaban J connectivity index is 1.14. The summed E-state index contributed by atoms with van der Waals surface area (Å²) in [6.45, 7) is 4.15. The van der Waals surface area contributed by atoms with Crippen molar-refractivity contribution in [3.8, 4) is 0 Å². The summed E-state index contributed by atoms with van der Waals surface area (Å²) < 4.78 is 0. The first kappa shape index (κ1) is 19.6. The van der Waals surface area contributed by atoms with Gasteiger partial charge < -0.3 is 9.88 Å². The number of aromatic nitrogens is 2. The Morgan fingerprint density at radius 3 is 2.55 bits per heavy atom. The van der Waals surface area contributed by atoms with Gasteiger partial charge in [-0.25, -0.2) is 4.98 Å². The van der Waals surface area contributed by atoms with Crippen molar-refractivity contribution in [3.63, 3.8) is 0 Å². The number of nitrogens with one attached hydrogen (secondary N) is 1. The summed E-state index contributed by atoms with van der Waals surface area (Å²) >= 11 is 6.03. The van der Waals surface area contributed by atoms with Crippen molar-refractivity contribution in [3.05, 3.63) is 62.8 Å². The van der Waals surface area contributed by atoms with Crippen LogP contribution in [0.4, 0.5) is 5.69 Å². The maximum Gasteiger partial charge on any atom is 0.254 e. The second-order valence-electron chi connectivity index (χ2n) is 9.81. The topological polar surface area (TPSA) is 52.2 Å². The molecular weight excluding hydrogens is 408 g/mol. The van der Waals surface area contributed by atoms with E-state index in [0.717, 1.165) is 74.0 Å². The van der Waals surface area contributed by atoms with Crippen molar-refractivity contribution in [2.24, 2.45) is 5.41 Å². The summed E-state index contributed by atoms with van der Waals surface area (Å²) in [4.78, 5) is 25.8. The zero-order chi connectivity index (χ0) is 21.0. The fourth-order valence-corrected chi connectivity index (χ4v) is 5.81. The molecule has 1 saturated heterocycles. The predicted octanol–water partition coefficient (Wildman–Crippen LogP) is 4.06. The van der Waals surface area contributed by atoms with Gasteiger partial charge in [0, 0.05) is 48.5 Å². The Bertz CT molecular complexity index is 1080. The van der Waals surface area contributed by atoms with Gasteiger partial charge in [0.15, 0.2) is 0 Å². The van der Waals surface area contributed by atoms with Crippen LogP contribution in [0.2, 0.25) is 5.02 Å².